The van der Waals surface area contributed by atoms with E-state index in [2.05, 4.69) is 10.1 Å². The molecule has 1 aromatic heterocycles. The van der Waals surface area contributed by atoms with E-state index in [1.54, 1.807) is 0 Å². The van der Waals surface area contributed by atoms with E-state index >= 15 is 0 Å². The van der Waals surface area contributed by atoms with E-state index in [9.17, 15) is 0 Å². The predicted molar refractivity (Wildman–Crippen MR) is 61.7 cm³/mol. The van der Waals surface area contributed by atoms with E-state index in [-0.39, 0.29) is 11.4 Å². The Hall–Kier alpha value is -2.04. The van der Waals surface area contributed by atoms with Gasteiger partial charge in [-0.3, -0.25) is 0 Å². The molecule has 0 amide bonds. The Morgan fingerprint density at radius 1 is 1.12 bits per heavy atom. The maximum Gasteiger partial charge on any atom is 0.260 e. The molecule has 0 aliphatic heterocycles. The van der Waals surface area contributed by atoms with Crippen molar-refractivity contribution in [3.8, 4) is 0 Å². The minimum atomic E-state index is -0.377. The minimum Gasteiger partial charge on any atom is -0.399 e. The highest BCUT2D eigenvalue weighted by molar-refractivity contribution is 5.42. The number of anilines is 2. The largest absolute Gasteiger partial charge is 0.399 e. The zero-order valence-electron chi connectivity index (χ0n) is 9.27. The van der Waals surface area contributed by atoms with Crippen LogP contribution >= 0.6 is 0 Å². The third-order valence-corrected chi connectivity index (χ3v) is 2.61. The van der Waals surface area contributed by atoms with E-state index in [0.717, 1.165) is 11.3 Å². The normalized spacial score (nSPS) is 11.6. The van der Waals surface area contributed by atoms with Gasteiger partial charge in [0.05, 0.1) is 5.41 Å². The summed E-state index contributed by atoms with van der Waals surface area (Å²) >= 11 is 0. The lowest BCUT2D eigenvalue weighted by Gasteiger charge is -2.20. The van der Waals surface area contributed by atoms with Gasteiger partial charge in [0.1, 0.15) is 0 Å². The second-order valence-corrected chi connectivity index (χ2v) is 4.20. The van der Waals surface area contributed by atoms with Crippen molar-refractivity contribution in [3.63, 3.8) is 0 Å². The molecule has 84 valence electrons. The molecule has 1 heterocycles. The van der Waals surface area contributed by atoms with Gasteiger partial charge in [-0.15, -0.1) is 0 Å². The van der Waals surface area contributed by atoms with Gasteiger partial charge in [0.2, 0.25) is 5.89 Å². The Labute approximate surface area is 93.4 Å². The Kier molecular flexibility index (Phi) is 2.30. The molecule has 5 heteroatoms. The predicted octanol–water partition coefficient (Wildman–Crippen LogP) is 1.56. The highest BCUT2D eigenvalue weighted by Gasteiger charge is 2.29. The number of rotatable bonds is 2. The van der Waals surface area contributed by atoms with Gasteiger partial charge in [0, 0.05) is 5.69 Å². The highest BCUT2D eigenvalue weighted by atomic mass is 16.5. The second kappa shape index (κ2) is 3.52. The van der Waals surface area contributed by atoms with Crippen LogP contribution in [-0.4, -0.2) is 10.1 Å². The molecule has 0 bridgehead atoms. The SMILES string of the molecule is CC(C)(c1ccc(N)cc1)c1nc(N)no1. The van der Waals surface area contributed by atoms with Crippen molar-refractivity contribution in [2.75, 3.05) is 11.5 Å². The average molecular weight is 218 g/mol. The van der Waals surface area contributed by atoms with Crippen molar-refractivity contribution >= 4 is 11.6 Å². The molecule has 4 N–H and O–H groups in total. The molecule has 0 aliphatic carbocycles. The second-order valence-electron chi connectivity index (χ2n) is 4.20. The summed E-state index contributed by atoms with van der Waals surface area (Å²) in [5.74, 6) is 0.647. The van der Waals surface area contributed by atoms with Crippen molar-refractivity contribution in [2.24, 2.45) is 0 Å². The number of aromatic nitrogens is 2. The summed E-state index contributed by atoms with van der Waals surface area (Å²) in [6.45, 7) is 3.98. The van der Waals surface area contributed by atoms with Crippen LogP contribution in [0.5, 0.6) is 0 Å². The van der Waals surface area contributed by atoms with Crippen LogP contribution in [0.15, 0.2) is 28.8 Å². The summed E-state index contributed by atoms with van der Waals surface area (Å²) in [4.78, 5) is 4.05. The van der Waals surface area contributed by atoms with Gasteiger partial charge in [-0.25, -0.2) is 0 Å². The van der Waals surface area contributed by atoms with Crippen molar-refractivity contribution in [2.45, 2.75) is 19.3 Å². The fraction of sp³-hybridized carbons (Fsp3) is 0.273. The summed E-state index contributed by atoms with van der Waals surface area (Å²) in [6.07, 6.45) is 0. The van der Waals surface area contributed by atoms with E-state index in [4.69, 9.17) is 16.0 Å². The number of nitrogens with two attached hydrogens (primary N) is 2. The first-order valence-corrected chi connectivity index (χ1v) is 4.96. The molecule has 16 heavy (non-hydrogen) atoms. The topological polar surface area (TPSA) is 91.0 Å². The van der Waals surface area contributed by atoms with Crippen LogP contribution < -0.4 is 11.5 Å². The zero-order valence-corrected chi connectivity index (χ0v) is 9.27. The van der Waals surface area contributed by atoms with Crippen molar-refractivity contribution in [1.82, 2.24) is 10.1 Å². The summed E-state index contributed by atoms with van der Waals surface area (Å²) in [7, 11) is 0. The van der Waals surface area contributed by atoms with Gasteiger partial charge in [-0.1, -0.05) is 12.1 Å². The maximum atomic E-state index is 5.64. The number of nitrogens with zero attached hydrogens (tertiary/aromatic N) is 2. The Balaban J connectivity index is 2.42. The highest BCUT2D eigenvalue weighted by Crippen LogP contribution is 2.30. The van der Waals surface area contributed by atoms with Crippen LogP contribution in [0.25, 0.3) is 0 Å². The van der Waals surface area contributed by atoms with Gasteiger partial charge in [-0.05, 0) is 36.7 Å². The average Bonchev–Trinajstić information content (AvgIpc) is 2.66. The molecule has 5 nitrogen and oxygen atoms in total. The van der Waals surface area contributed by atoms with Crippen LogP contribution in [0.2, 0.25) is 0 Å². The monoisotopic (exact) mass is 218 g/mol. The molecule has 0 aliphatic rings. The molecule has 1 aromatic carbocycles. The summed E-state index contributed by atoms with van der Waals surface area (Å²) in [6, 6.07) is 7.57. The van der Waals surface area contributed by atoms with Crippen molar-refractivity contribution in [3.05, 3.63) is 35.7 Å². The maximum absolute atomic E-state index is 5.64. The number of hydrogen-bond acceptors (Lipinski definition) is 5. The minimum absolute atomic E-state index is 0.151. The molecule has 2 rings (SSSR count). The summed E-state index contributed by atoms with van der Waals surface area (Å²) < 4.78 is 5.10. The lowest BCUT2D eigenvalue weighted by molar-refractivity contribution is 0.333. The molecule has 0 unspecified atom stereocenters. The molecule has 0 spiro atoms. The smallest absolute Gasteiger partial charge is 0.260 e. The summed E-state index contributed by atoms with van der Waals surface area (Å²) in [5, 5.41) is 3.59. The van der Waals surface area contributed by atoms with E-state index < -0.39 is 0 Å². The Morgan fingerprint density at radius 3 is 2.25 bits per heavy atom. The number of nitrogen functional groups attached to an aromatic ring is 2. The number of benzene rings is 1. The van der Waals surface area contributed by atoms with Crippen LogP contribution in [0, 0.1) is 0 Å². The quantitative estimate of drug-likeness (QED) is 0.746. The zero-order chi connectivity index (χ0) is 11.8. The molecule has 0 radical (unpaired) electrons. The third kappa shape index (κ3) is 1.71. The molecular formula is C11H14N4O. The van der Waals surface area contributed by atoms with Gasteiger partial charge in [-0.2, -0.15) is 4.98 Å². The van der Waals surface area contributed by atoms with Crippen molar-refractivity contribution in [1.29, 1.82) is 0 Å². The molecule has 0 atom stereocenters. The van der Waals surface area contributed by atoms with Gasteiger partial charge < -0.3 is 16.0 Å². The molecular weight excluding hydrogens is 204 g/mol. The summed E-state index contributed by atoms with van der Waals surface area (Å²) in [5.41, 5.74) is 12.5. The molecule has 0 fully saturated rings. The fourth-order valence-electron chi connectivity index (χ4n) is 1.51. The molecule has 2 aromatic rings. The van der Waals surface area contributed by atoms with Gasteiger partial charge >= 0.3 is 0 Å². The molecule has 0 saturated carbocycles. The fourth-order valence-corrected chi connectivity index (χ4v) is 1.51. The van der Waals surface area contributed by atoms with Gasteiger partial charge in [0.25, 0.3) is 5.95 Å². The van der Waals surface area contributed by atoms with Gasteiger partial charge in [0.15, 0.2) is 0 Å². The Bertz CT molecular complexity index is 487. The van der Waals surface area contributed by atoms with E-state index in [1.165, 1.54) is 0 Å². The third-order valence-electron chi connectivity index (χ3n) is 2.61. The number of hydrogen-bond donors (Lipinski definition) is 2. The van der Waals surface area contributed by atoms with Crippen molar-refractivity contribution < 1.29 is 4.52 Å². The Morgan fingerprint density at radius 2 is 1.75 bits per heavy atom. The van der Waals surface area contributed by atoms with E-state index in [1.807, 2.05) is 38.1 Å². The molecule has 0 saturated heterocycles. The first kappa shape index (κ1) is 10.5. The first-order valence-electron chi connectivity index (χ1n) is 4.96. The lowest BCUT2D eigenvalue weighted by atomic mass is 9.84. The standard InChI is InChI=1S/C11H14N4O/c1-11(2,9-14-10(13)15-16-9)7-3-5-8(12)6-4-7/h3-6H,12H2,1-2H3,(H2,13,15). The van der Waals surface area contributed by atoms with E-state index in [0.29, 0.717) is 5.89 Å². The van der Waals surface area contributed by atoms with Crippen LogP contribution in [0.1, 0.15) is 25.3 Å². The first-order chi connectivity index (χ1) is 7.50. The van der Waals surface area contributed by atoms with Crippen LogP contribution in [0.4, 0.5) is 11.6 Å². The lowest BCUT2D eigenvalue weighted by Crippen LogP contribution is -2.19. The van der Waals surface area contributed by atoms with Crippen LogP contribution in [-0.2, 0) is 5.41 Å². The van der Waals surface area contributed by atoms with Crippen LogP contribution in [0.3, 0.4) is 0 Å².